The number of nitrogens with one attached hydrogen (secondary N) is 1. The summed E-state index contributed by atoms with van der Waals surface area (Å²) in [4.78, 5) is 0. The van der Waals surface area contributed by atoms with Gasteiger partial charge in [0.2, 0.25) is 0 Å². The molecule has 0 aliphatic rings. The zero-order chi connectivity index (χ0) is 18.6. The number of methoxy groups -OCH3 is 2. The van der Waals surface area contributed by atoms with Crippen molar-refractivity contribution in [1.82, 2.24) is 15.1 Å². The molecule has 0 saturated heterocycles. The third-order valence-electron chi connectivity index (χ3n) is 4.58. The maximum absolute atomic E-state index is 10.6. The van der Waals surface area contributed by atoms with E-state index < -0.39 is 6.10 Å². The smallest absolute Gasteiger partial charge is 0.124 e. The molecule has 2 aromatic rings. The Morgan fingerprint density at radius 2 is 1.96 bits per heavy atom. The van der Waals surface area contributed by atoms with Gasteiger partial charge in [-0.1, -0.05) is 0 Å². The Hall–Kier alpha value is -2.05. The maximum atomic E-state index is 10.6. The van der Waals surface area contributed by atoms with Crippen molar-refractivity contribution >= 4 is 0 Å². The van der Waals surface area contributed by atoms with Crippen molar-refractivity contribution in [3.8, 4) is 11.5 Å². The van der Waals surface area contributed by atoms with Crippen LogP contribution in [0, 0.1) is 13.8 Å². The van der Waals surface area contributed by atoms with Crippen LogP contribution < -0.4 is 14.8 Å². The minimum Gasteiger partial charge on any atom is -0.497 e. The minimum atomic E-state index is -0.700. The van der Waals surface area contributed by atoms with Gasteiger partial charge < -0.3 is 19.9 Å². The molecule has 0 saturated carbocycles. The van der Waals surface area contributed by atoms with E-state index in [0.717, 1.165) is 17.9 Å². The van der Waals surface area contributed by atoms with Crippen molar-refractivity contribution in [2.75, 3.05) is 20.8 Å². The highest BCUT2D eigenvalue weighted by molar-refractivity contribution is 5.41. The predicted molar refractivity (Wildman–Crippen MR) is 98.3 cm³/mol. The van der Waals surface area contributed by atoms with Gasteiger partial charge in [0, 0.05) is 36.0 Å². The van der Waals surface area contributed by atoms with Crippen LogP contribution in [0.1, 0.15) is 48.5 Å². The number of aliphatic hydroxyl groups is 1. The fraction of sp³-hybridized carbons (Fsp3) is 0.526. The summed E-state index contributed by atoms with van der Waals surface area (Å²) in [7, 11) is 3.20. The molecule has 1 aromatic heterocycles. The zero-order valence-corrected chi connectivity index (χ0v) is 16.0. The first kappa shape index (κ1) is 19.3. The highest BCUT2D eigenvalue weighted by atomic mass is 16.5. The molecule has 2 atom stereocenters. The van der Waals surface area contributed by atoms with Crippen molar-refractivity contribution in [2.24, 2.45) is 0 Å². The SMILES string of the molecule is CCn1nc(C)c(C(C)NCC(O)c2cc(OC)ccc2OC)c1C. The van der Waals surface area contributed by atoms with Crippen LogP contribution in [0.3, 0.4) is 0 Å². The number of ether oxygens (including phenoxy) is 2. The molecule has 2 rings (SSSR count). The van der Waals surface area contributed by atoms with Gasteiger partial charge in [-0.05, 0) is 45.9 Å². The summed E-state index contributed by atoms with van der Waals surface area (Å²) in [6.07, 6.45) is -0.700. The Morgan fingerprint density at radius 3 is 2.52 bits per heavy atom. The number of hydrogen-bond acceptors (Lipinski definition) is 5. The van der Waals surface area contributed by atoms with Crippen LogP contribution in [0.5, 0.6) is 11.5 Å². The highest BCUT2D eigenvalue weighted by Crippen LogP contribution is 2.30. The summed E-state index contributed by atoms with van der Waals surface area (Å²) in [6, 6.07) is 5.52. The summed E-state index contributed by atoms with van der Waals surface area (Å²) < 4.78 is 12.6. The highest BCUT2D eigenvalue weighted by Gasteiger charge is 2.20. The monoisotopic (exact) mass is 347 g/mol. The molecule has 0 aliphatic carbocycles. The molecule has 138 valence electrons. The lowest BCUT2D eigenvalue weighted by molar-refractivity contribution is 0.166. The molecule has 6 nitrogen and oxygen atoms in total. The Morgan fingerprint density at radius 1 is 1.24 bits per heavy atom. The molecule has 0 radical (unpaired) electrons. The van der Waals surface area contributed by atoms with Crippen LogP contribution in [0.4, 0.5) is 0 Å². The van der Waals surface area contributed by atoms with Crippen molar-refractivity contribution in [2.45, 2.75) is 46.4 Å². The average Bonchev–Trinajstić information content (AvgIpc) is 2.92. The Labute approximate surface area is 149 Å². The largest absolute Gasteiger partial charge is 0.497 e. The lowest BCUT2D eigenvalue weighted by Gasteiger charge is -2.20. The molecule has 0 amide bonds. The number of rotatable bonds is 8. The molecule has 2 N–H and O–H groups in total. The standard InChI is InChI=1S/C19H29N3O3/c1-7-22-14(4)19(13(3)21-22)12(2)20-11-17(23)16-10-15(24-5)8-9-18(16)25-6/h8-10,12,17,20,23H,7,11H2,1-6H3. The number of aryl methyl sites for hydroxylation is 2. The van der Waals surface area contributed by atoms with E-state index >= 15 is 0 Å². The van der Waals surface area contributed by atoms with Gasteiger partial charge in [-0.3, -0.25) is 4.68 Å². The van der Waals surface area contributed by atoms with Crippen LogP contribution in [-0.2, 0) is 6.54 Å². The van der Waals surface area contributed by atoms with E-state index in [-0.39, 0.29) is 6.04 Å². The summed E-state index contributed by atoms with van der Waals surface area (Å²) in [5, 5.41) is 18.6. The first-order valence-corrected chi connectivity index (χ1v) is 8.60. The molecule has 0 fully saturated rings. The van der Waals surface area contributed by atoms with Gasteiger partial charge >= 0.3 is 0 Å². The van der Waals surface area contributed by atoms with Gasteiger partial charge in [0.1, 0.15) is 11.5 Å². The van der Waals surface area contributed by atoms with E-state index in [9.17, 15) is 5.11 Å². The zero-order valence-electron chi connectivity index (χ0n) is 16.0. The van der Waals surface area contributed by atoms with E-state index in [1.165, 1.54) is 5.56 Å². The third kappa shape index (κ3) is 4.14. The van der Waals surface area contributed by atoms with Crippen LogP contribution >= 0.6 is 0 Å². The molecule has 0 bridgehead atoms. The molecule has 0 aliphatic heterocycles. The van der Waals surface area contributed by atoms with E-state index in [4.69, 9.17) is 9.47 Å². The second kappa shape index (κ2) is 8.36. The lowest BCUT2D eigenvalue weighted by atomic mass is 10.0. The minimum absolute atomic E-state index is 0.0894. The van der Waals surface area contributed by atoms with Gasteiger partial charge in [0.15, 0.2) is 0 Å². The van der Waals surface area contributed by atoms with Crippen LogP contribution in [-0.4, -0.2) is 35.7 Å². The molecule has 1 aromatic carbocycles. The summed E-state index contributed by atoms with van der Waals surface area (Å²) in [6.45, 7) is 9.53. The topological polar surface area (TPSA) is 68.5 Å². The van der Waals surface area contributed by atoms with Gasteiger partial charge in [-0.25, -0.2) is 0 Å². The van der Waals surface area contributed by atoms with Gasteiger partial charge in [0.05, 0.1) is 26.0 Å². The first-order valence-electron chi connectivity index (χ1n) is 8.60. The molecule has 6 heteroatoms. The summed E-state index contributed by atoms with van der Waals surface area (Å²) >= 11 is 0. The van der Waals surface area contributed by atoms with Crippen molar-refractivity contribution in [3.63, 3.8) is 0 Å². The van der Waals surface area contributed by atoms with E-state index in [1.807, 2.05) is 23.7 Å². The summed E-state index contributed by atoms with van der Waals surface area (Å²) in [5.74, 6) is 1.34. The number of aliphatic hydroxyl groups excluding tert-OH is 1. The number of nitrogens with zero attached hydrogens (tertiary/aromatic N) is 2. The second-order valence-electron chi connectivity index (χ2n) is 6.15. The van der Waals surface area contributed by atoms with Gasteiger partial charge in [-0.2, -0.15) is 5.10 Å². The normalized spacial score (nSPS) is 13.6. The van der Waals surface area contributed by atoms with E-state index in [0.29, 0.717) is 23.6 Å². The Balaban J connectivity index is 2.12. The van der Waals surface area contributed by atoms with E-state index in [1.54, 1.807) is 20.3 Å². The lowest BCUT2D eigenvalue weighted by Crippen LogP contribution is -2.25. The van der Waals surface area contributed by atoms with Crippen molar-refractivity contribution in [3.05, 3.63) is 40.7 Å². The molecule has 2 unspecified atom stereocenters. The molecular formula is C19H29N3O3. The molecule has 0 spiro atoms. The van der Waals surface area contributed by atoms with Gasteiger partial charge in [-0.15, -0.1) is 0 Å². The molecular weight excluding hydrogens is 318 g/mol. The fourth-order valence-corrected chi connectivity index (χ4v) is 3.25. The quantitative estimate of drug-likeness (QED) is 0.768. The second-order valence-corrected chi connectivity index (χ2v) is 6.15. The predicted octanol–water partition coefficient (Wildman–Crippen LogP) is 2.92. The Bertz CT molecular complexity index is 712. The molecule has 1 heterocycles. The first-order chi connectivity index (χ1) is 11.9. The third-order valence-corrected chi connectivity index (χ3v) is 4.58. The number of benzene rings is 1. The van der Waals surface area contributed by atoms with Crippen LogP contribution in [0.15, 0.2) is 18.2 Å². The maximum Gasteiger partial charge on any atom is 0.124 e. The van der Waals surface area contributed by atoms with Crippen LogP contribution in [0.2, 0.25) is 0 Å². The number of aromatic nitrogens is 2. The summed E-state index contributed by atoms with van der Waals surface area (Å²) in [5.41, 5.74) is 4.08. The van der Waals surface area contributed by atoms with Gasteiger partial charge in [0.25, 0.3) is 0 Å². The average molecular weight is 347 g/mol. The van der Waals surface area contributed by atoms with Crippen molar-refractivity contribution < 1.29 is 14.6 Å². The van der Waals surface area contributed by atoms with Crippen LogP contribution in [0.25, 0.3) is 0 Å². The fourth-order valence-electron chi connectivity index (χ4n) is 3.25. The van der Waals surface area contributed by atoms with Crippen molar-refractivity contribution in [1.29, 1.82) is 0 Å². The molecule has 25 heavy (non-hydrogen) atoms. The Kier molecular flexibility index (Phi) is 6.45. The number of hydrogen-bond donors (Lipinski definition) is 2. The van der Waals surface area contributed by atoms with E-state index in [2.05, 4.69) is 31.2 Å².